The number of aromatic nitrogens is 2. The standard InChI is InChI=1S/C13H15N4O6P/c1-22-24(21,23-2)12(15-11-6-7-14-13(18)16-11)9-4-3-5-10(8-9)17(19)20/h3-8,12H,1-2H3,(H2,14,15,16,18). The molecule has 2 rings (SSSR count). The van der Waals surface area contributed by atoms with Gasteiger partial charge in [-0.25, -0.2) is 9.78 Å². The van der Waals surface area contributed by atoms with Gasteiger partial charge in [-0.15, -0.1) is 0 Å². The van der Waals surface area contributed by atoms with E-state index in [2.05, 4.69) is 15.3 Å². The summed E-state index contributed by atoms with van der Waals surface area (Å²) in [5, 5.41) is 13.8. The lowest BCUT2D eigenvalue weighted by Crippen LogP contribution is -2.18. The fraction of sp³-hybridized carbons (Fsp3) is 0.231. The summed E-state index contributed by atoms with van der Waals surface area (Å²) in [6, 6.07) is 6.99. The molecule has 1 aromatic carbocycles. The summed E-state index contributed by atoms with van der Waals surface area (Å²) >= 11 is 0. The number of nitrogens with one attached hydrogen (secondary N) is 2. The number of hydrogen-bond donors (Lipinski definition) is 2. The average molecular weight is 354 g/mol. The van der Waals surface area contributed by atoms with Gasteiger partial charge >= 0.3 is 13.3 Å². The number of hydrogen-bond acceptors (Lipinski definition) is 8. The first kappa shape index (κ1) is 17.8. The molecule has 10 nitrogen and oxygen atoms in total. The van der Waals surface area contributed by atoms with E-state index >= 15 is 0 Å². The van der Waals surface area contributed by atoms with Crippen molar-refractivity contribution in [2.24, 2.45) is 0 Å². The van der Waals surface area contributed by atoms with Crippen molar-refractivity contribution >= 4 is 19.1 Å². The first-order valence-electron chi connectivity index (χ1n) is 6.67. The molecule has 0 bridgehead atoms. The number of non-ortho nitro benzene ring substituents is 1. The number of nitro benzene ring substituents is 1. The Hall–Kier alpha value is -2.55. The Bertz CT molecular complexity index is 831. The lowest BCUT2D eigenvalue weighted by molar-refractivity contribution is -0.384. The van der Waals surface area contributed by atoms with E-state index in [9.17, 15) is 19.5 Å². The first-order chi connectivity index (χ1) is 11.4. The third kappa shape index (κ3) is 3.85. The lowest BCUT2D eigenvalue weighted by atomic mass is 10.2. The van der Waals surface area contributed by atoms with Gasteiger partial charge in [0, 0.05) is 32.5 Å². The maximum atomic E-state index is 12.8. The fourth-order valence-corrected chi connectivity index (χ4v) is 3.43. The highest BCUT2D eigenvalue weighted by Gasteiger charge is 2.36. The second kappa shape index (κ2) is 7.35. The Morgan fingerprint density at radius 2 is 2.04 bits per heavy atom. The first-order valence-corrected chi connectivity index (χ1v) is 8.28. The summed E-state index contributed by atoms with van der Waals surface area (Å²) in [5.74, 6) is -0.869. The van der Waals surface area contributed by atoms with Crippen molar-refractivity contribution in [3.8, 4) is 0 Å². The topological polar surface area (TPSA) is 136 Å². The van der Waals surface area contributed by atoms with Crippen LogP contribution in [0.2, 0.25) is 0 Å². The molecule has 128 valence electrons. The molecule has 0 aliphatic rings. The normalized spacial score (nSPS) is 12.6. The van der Waals surface area contributed by atoms with Crippen LogP contribution in [0.25, 0.3) is 0 Å². The molecule has 0 fully saturated rings. The number of nitrogens with zero attached hydrogens (tertiary/aromatic N) is 2. The summed E-state index contributed by atoms with van der Waals surface area (Å²) < 4.78 is 22.8. The van der Waals surface area contributed by atoms with Crippen molar-refractivity contribution in [3.63, 3.8) is 0 Å². The molecule has 2 aromatic rings. The Morgan fingerprint density at radius 3 is 2.62 bits per heavy atom. The van der Waals surface area contributed by atoms with Gasteiger partial charge < -0.3 is 14.4 Å². The second-order valence-electron chi connectivity index (χ2n) is 4.59. The Balaban J connectivity index is 2.51. The minimum absolute atomic E-state index is 0.179. The maximum Gasteiger partial charge on any atom is 0.356 e. The van der Waals surface area contributed by atoms with Gasteiger partial charge in [0.05, 0.1) is 4.92 Å². The number of nitro groups is 1. The smallest absolute Gasteiger partial charge is 0.354 e. The van der Waals surface area contributed by atoms with Crippen LogP contribution in [0.5, 0.6) is 0 Å². The zero-order chi connectivity index (χ0) is 17.7. The predicted octanol–water partition coefficient (Wildman–Crippen LogP) is 2.27. The summed E-state index contributed by atoms with van der Waals surface area (Å²) in [6.07, 6.45) is 1.26. The van der Waals surface area contributed by atoms with E-state index < -0.39 is 24.0 Å². The molecule has 11 heteroatoms. The molecule has 1 aromatic heterocycles. The molecular formula is C13H15N4O6P. The van der Waals surface area contributed by atoms with Crippen LogP contribution in [0, 0.1) is 10.1 Å². The van der Waals surface area contributed by atoms with Gasteiger partial charge in [-0.1, -0.05) is 12.1 Å². The molecule has 0 saturated heterocycles. The van der Waals surface area contributed by atoms with Crippen LogP contribution in [-0.4, -0.2) is 29.1 Å². The van der Waals surface area contributed by atoms with Gasteiger partial charge in [-0.3, -0.25) is 19.7 Å². The van der Waals surface area contributed by atoms with Crippen molar-refractivity contribution in [1.29, 1.82) is 0 Å². The molecule has 1 atom stereocenters. The van der Waals surface area contributed by atoms with E-state index in [1.807, 2.05) is 0 Å². The van der Waals surface area contributed by atoms with E-state index in [0.29, 0.717) is 5.56 Å². The fourth-order valence-electron chi connectivity index (χ4n) is 2.04. The molecule has 24 heavy (non-hydrogen) atoms. The minimum Gasteiger partial charge on any atom is -0.354 e. The Labute approximate surface area is 136 Å². The second-order valence-corrected chi connectivity index (χ2v) is 6.92. The van der Waals surface area contributed by atoms with Crippen LogP contribution in [0.4, 0.5) is 11.5 Å². The molecular weight excluding hydrogens is 339 g/mol. The third-order valence-corrected chi connectivity index (χ3v) is 5.27. The summed E-state index contributed by atoms with van der Waals surface area (Å²) in [4.78, 5) is 27.6. The highest BCUT2D eigenvalue weighted by molar-refractivity contribution is 7.54. The Morgan fingerprint density at radius 1 is 1.33 bits per heavy atom. The monoisotopic (exact) mass is 354 g/mol. The van der Waals surface area contributed by atoms with Crippen LogP contribution < -0.4 is 11.0 Å². The van der Waals surface area contributed by atoms with E-state index in [0.717, 1.165) is 0 Å². The van der Waals surface area contributed by atoms with Crippen LogP contribution in [0.3, 0.4) is 0 Å². The van der Waals surface area contributed by atoms with Gasteiger partial charge in [-0.2, -0.15) is 0 Å². The SMILES string of the molecule is COP(=O)(OC)C(Nc1ccnc(=O)[nH]1)c1cccc([N+](=O)[O-])c1. The van der Waals surface area contributed by atoms with E-state index in [4.69, 9.17) is 9.05 Å². The van der Waals surface area contributed by atoms with Crippen LogP contribution >= 0.6 is 7.60 Å². The molecule has 0 aliphatic carbocycles. The largest absolute Gasteiger partial charge is 0.356 e. The number of H-pyrrole nitrogens is 1. The van der Waals surface area contributed by atoms with Crippen molar-refractivity contribution < 1.29 is 18.5 Å². The van der Waals surface area contributed by atoms with Crippen molar-refractivity contribution in [2.45, 2.75) is 5.78 Å². The molecule has 0 aliphatic heterocycles. The zero-order valence-electron chi connectivity index (χ0n) is 12.8. The molecule has 2 N–H and O–H groups in total. The molecule has 0 saturated carbocycles. The lowest BCUT2D eigenvalue weighted by Gasteiger charge is -2.26. The van der Waals surface area contributed by atoms with Gasteiger partial charge in [0.2, 0.25) is 0 Å². The molecule has 0 radical (unpaired) electrons. The molecule has 0 spiro atoms. The van der Waals surface area contributed by atoms with Crippen LogP contribution in [0.1, 0.15) is 11.3 Å². The third-order valence-electron chi connectivity index (χ3n) is 3.19. The van der Waals surface area contributed by atoms with Crippen molar-refractivity contribution in [2.75, 3.05) is 19.5 Å². The average Bonchev–Trinajstić information content (AvgIpc) is 2.59. The summed E-state index contributed by atoms with van der Waals surface area (Å²) in [7, 11) is -1.32. The quantitative estimate of drug-likeness (QED) is 0.439. The molecule has 1 heterocycles. The number of aromatic amines is 1. The van der Waals surface area contributed by atoms with Gasteiger partial charge in [0.25, 0.3) is 5.69 Å². The molecule has 0 amide bonds. The molecule has 1 unspecified atom stereocenters. The van der Waals surface area contributed by atoms with Gasteiger partial charge in [-0.05, 0) is 11.6 Å². The van der Waals surface area contributed by atoms with Crippen molar-refractivity contribution in [3.05, 3.63) is 62.7 Å². The van der Waals surface area contributed by atoms with Gasteiger partial charge in [0.1, 0.15) is 5.82 Å². The maximum absolute atomic E-state index is 12.8. The number of anilines is 1. The van der Waals surface area contributed by atoms with Crippen LogP contribution in [0.15, 0.2) is 41.3 Å². The zero-order valence-corrected chi connectivity index (χ0v) is 13.7. The predicted molar refractivity (Wildman–Crippen MR) is 85.9 cm³/mol. The van der Waals surface area contributed by atoms with Crippen LogP contribution in [-0.2, 0) is 13.6 Å². The summed E-state index contributed by atoms with van der Waals surface area (Å²) in [6.45, 7) is 0. The summed E-state index contributed by atoms with van der Waals surface area (Å²) in [5.41, 5.74) is -0.488. The minimum atomic E-state index is -3.72. The van der Waals surface area contributed by atoms with Gasteiger partial charge in [0.15, 0.2) is 5.78 Å². The van der Waals surface area contributed by atoms with E-state index in [1.165, 1.54) is 50.7 Å². The van der Waals surface area contributed by atoms with E-state index in [1.54, 1.807) is 0 Å². The van der Waals surface area contributed by atoms with E-state index in [-0.39, 0.29) is 11.5 Å². The highest BCUT2D eigenvalue weighted by atomic mass is 31.2. The highest BCUT2D eigenvalue weighted by Crippen LogP contribution is 2.59. The number of rotatable bonds is 7. The van der Waals surface area contributed by atoms with Crippen molar-refractivity contribution in [1.82, 2.24) is 9.97 Å². The number of benzene rings is 1. The Kier molecular flexibility index (Phi) is 5.45.